The Morgan fingerprint density at radius 2 is 2.18 bits per heavy atom. The lowest BCUT2D eigenvalue weighted by molar-refractivity contribution is -0.136. The fourth-order valence-corrected chi connectivity index (χ4v) is 1.63. The third-order valence-corrected chi connectivity index (χ3v) is 2.77. The lowest BCUT2D eigenvalue weighted by atomic mass is 10.3. The van der Waals surface area contributed by atoms with Crippen LogP contribution in [0.5, 0.6) is 0 Å². The molecule has 0 unspecified atom stereocenters. The first kappa shape index (κ1) is 14.2. The van der Waals surface area contributed by atoms with E-state index in [1.807, 2.05) is 6.08 Å². The van der Waals surface area contributed by atoms with E-state index in [4.69, 9.17) is 4.74 Å². The van der Waals surface area contributed by atoms with Crippen molar-refractivity contribution >= 4 is 5.97 Å². The maximum atomic E-state index is 11.1. The Hall–Kier alpha value is -0.910. The highest BCUT2D eigenvalue weighted by molar-refractivity contribution is 5.87. The van der Waals surface area contributed by atoms with Gasteiger partial charge in [-0.2, -0.15) is 0 Å². The van der Waals surface area contributed by atoms with Crippen LogP contribution in [0.1, 0.15) is 6.92 Å². The third-order valence-electron chi connectivity index (χ3n) is 2.77. The summed E-state index contributed by atoms with van der Waals surface area (Å²) >= 11 is 0. The molecule has 1 heterocycles. The number of hydrogen-bond donors (Lipinski definition) is 1. The van der Waals surface area contributed by atoms with E-state index in [2.05, 4.69) is 15.0 Å². The van der Waals surface area contributed by atoms with Crippen molar-refractivity contribution in [3.8, 4) is 0 Å². The summed E-state index contributed by atoms with van der Waals surface area (Å²) in [7, 11) is 1.39. The molecule has 0 aliphatic carbocycles. The minimum Gasteiger partial charge on any atom is -0.466 e. The molecular formula is C12H22N2O3. The second-order valence-electron chi connectivity index (χ2n) is 4.04. The van der Waals surface area contributed by atoms with E-state index in [1.54, 1.807) is 6.92 Å². The number of carbonyl (C=O) groups excluding carboxylic acids is 1. The van der Waals surface area contributed by atoms with Crippen LogP contribution < -0.4 is 5.32 Å². The first-order valence-electron chi connectivity index (χ1n) is 6.00. The predicted octanol–water partition coefficient (Wildman–Crippen LogP) is 0.0275. The minimum absolute atomic E-state index is 0.264. The zero-order chi connectivity index (χ0) is 12.5. The quantitative estimate of drug-likeness (QED) is 0.404. The highest BCUT2D eigenvalue weighted by atomic mass is 16.5. The number of carbonyl (C=O) groups is 1. The van der Waals surface area contributed by atoms with Crippen molar-refractivity contribution in [2.45, 2.75) is 6.92 Å². The first-order chi connectivity index (χ1) is 8.24. The van der Waals surface area contributed by atoms with Crippen molar-refractivity contribution in [2.75, 3.05) is 53.0 Å². The molecule has 1 rings (SSSR count). The van der Waals surface area contributed by atoms with Gasteiger partial charge in [-0.25, -0.2) is 4.79 Å². The summed E-state index contributed by atoms with van der Waals surface area (Å²) in [6, 6.07) is 0. The predicted molar refractivity (Wildman–Crippen MR) is 65.9 cm³/mol. The Bertz CT molecular complexity index is 260. The molecule has 0 amide bonds. The monoisotopic (exact) mass is 242 g/mol. The lowest BCUT2D eigenvalue weighted by Crippen LogP contribution is -2.40. The average Bonchev–Trinajstić information content (AvgIpc) is 2.38. The van der Waals surface area contributed by atoms with Gasteiger partial charge >= 0.3 is 5.97 Å². The van der Waals surface area contributed by atoms with Crippen molar-refractivity contribution in [3.63, 3.8) is 0 Å². The molecular weight excluding hydrogens is 220 g/mol. The van der Waals surface area contributed by atoms with Crippen molar-refractivity contribution in [2.24, 2.45) is 0 Å². The zero-order valence-corrected chi connectivity index (χ0v) is 10.7. The molecule has 1 saturated heterocycles. The van der Waals surface area contributed by atoms with E-state index in [-0.39, 0.29) is 5.97 Å². The summed E-state index contributed by atoms with van der Waals surface area (Å²) in [5.41, 5.74) is 0.645. The summed E-state index contributed by atoms with van der Waals surface area (Å²) in [5.74, 6) is -0.264. The van der Waals surface area contributed by atoms with Gasteiger partial charge in [-0.15, -0.1) is 0 Å². The van der Waals surface area contributed by atoms with Gasteiger partial charge in [0.2, 0.25) is 0 Å². The van der Waals surface area contributed by atoms with Crippen LogP contribution in [0.15, 0.2) is 11.6 Å². The largest absolute Gasteiger partial charge is 0.466 e. The van der Waals surface area contributed by atoms with Crippen LogP contribution >= 0.6 is 0 Å². The Kier molecular flexibility index (Phi) is 6.84. The van der Waals surface area contributed by atoms with Crippen LogP contribution in [-0.4, -0.2) is 63.9 Å². The van der Waals surface area contributed by atoms with E-state index < -0.39 is 0 Å². The maximum Gasteiger partial charge on any atom is 0.333 e. The van der Waals surface area contributed by atoms with E-state index in [0.29, 0.717) is 12.1 Å². The summed E-state index contributed by atoms with van der Waals surface area (Å²) in [6.45, 7) is 8.10. The molecule has 0 aromatic rings. The molecule has 0 bridgehead atoms. The highest BCUT2D eigenvalue weighted by Gasteiger charge is 2.08. The smallest absolute Gasteiger partial charge is 0.333 e. The molecule has 0 atom stereocenters. The number of rotatable bonds is 6. The first-order valence-corrected chi connectivity index (χ1v) is 6.00. The zero-order valence-electron chi connectivity index (χ0n) is 10.7. The molecule has 0 saturated carbocycles. The van der Waals surface area contributed by atoms with Crippen molar-refractivity contribution in [3.05, 3.63) is 11.6 Å². The Balaban J connectivity index is 2.05. The molecule has 0 aromatic carbocycles. The molecule has 17 heavy (non-hydrogen) atoms. The van der Waals surface area contributed by atoms with Crippen LogP contribution in [0.2, 0.25) is 0 Å². The minimum atomic E-state index is -0.264. The second-order valence-corrected chi connectivity index (χ2v) is 4.04. The van der Waals surface area contributed by atoms with E-state index in [0.717, 1.165) is 39.4 Å². The fraction of sp³-hybridized carbons (Fsp3) is 0.750. The van der Waals surface area contributed by atoms with E-state index in [9.17, 15) is 4.79 Å². The molecule has 5 nitrogen and oxygen atoms in total. The van der Waals surface area contributed by atoms with Gasteiger partial charge in [0, 0.05) is 38.3 Å². The number of methoxy groups -OCH3 is 1. The number of morpholine rings is 1. The molecule has 1 N–H and O–H groups in total. The van der Waals surface area contributed by atoms with Gasteiger partial charge in [0.05, 0.1) is 20.3 Å². The van der Waals surface area contributed by atoms with Gasteiger partial charge in [-0.05, 0) is 6.92 Å². The van der Waals surface area contributed by atoms with Crippen molar-refractivity contribution in [1.82, 2.24) is 10.2 Å². The third kappa shape index (κ3) is 5.81. The second kappa shape index (κ2) is 8.22. The van der Waals surface area contributed by atoms with Crippen molar-refractivity contribution in [1.29, 1.82) is 0 Å². The number of nitrogens with zero attached hydrogens (tertiary/aromatic N) is 1. The Labute approximate surface area is 103 Å². The van der Waals surface area contributed by atoms with Gasteiger partial charge in [0.1, 0.15) is 0 Å². The van der Waals surface area contributed by atoms with Crippen LogP contribution in [0.25, 0.3) is 0 Å². The number of nitrogens with one attached hydrogen (secondary N) is 1. The number of hydrogen-bond acceptors (Lipinski definition) is 5. The Morgan fingerprint density at radius 1 is 1.47 bits per heavy atom. The standard InChI is InChI=1S/C12H22N2O3/c1-11(12(15)16-2)3-4-13-5-6-14-7-9-17-10-8-14/h3,13H,4-10H2,1-2H3. The number of esters is 1. The topological polar surface area (TPSA) is 50.8 Å². The summed E-state index contributed by atoms with van der Waals surface area (Å²) in [4.78, 5) is 13.5. The molecule has 1 aliphatic heterocycles. The lowest BCUT2D eigenvalue weighted by Gasteiger charge is -2.26. The molecule has 0 radical (unpaired) electrons. The molecule has 0 aromatic heterocycles. The van der Waals surface area contributed by atoms with E-state index in [1.165, 1.54) is 7.11 Å². The van der Waals surface area contributed by atoms with Crippen molar-refractivity contribution < 1.29 is 14.3 Å². The highest BCUT2D eigenvalue weighted by Crippen LogP contribution is 1.95. The molecule has 1 aliphatic rings. The van der Waals surface area contributed by atoms with Crippen LogP contribution in [0.3, 0.4) is 0 Å². The average molecular weight is 242 g/mol. The van der Waals surface area contributed by atoms with Gasteiger partial charge in [-0.1, -0.05) is 6.08 Å². The number of ether oxygens (including phenoxy) is 2. The van der Waals surface area contributed by atoms with Gasteiger partial charge in [0.15, 0.2) is 0 Å². The Morgan fingerprint density at radius 3 is 2.82 bits per heavy atom. The SMILES string of the molecule is COC(=O)C(C)=CCNCCN1CCOCC1. The van der Waals surface area contributed by atoms with Gasteiger partial charge in [-0.3, -0.25) is 4.90 Å². The summed E-state index contributed by atoms with van der Waals surface area (Å²) < 4.78 is 9.88. The summed E-state index contributed by atoms with van der Waals surface area (Å²) in [5, 5.41) is 3.28. The summed E-state index contributed by atoms with van der Waals surface area (Å²) in [6.07, 6.45) is 1.85. The molecule has 1 fully saturated rings. The van der Waals surface area contributed by atoms with Gasteiger partial charge in [0.25, 0.3) is 0 Å². The maximum absolute atomic E-state index is 11.1. The van der Waals surface area contributed by atoms with Crippen LogP contribution in [-0.2, 0) is 14.3 Å². The molecule has 5 heteroatoms. The fourth-order valence-electron chi connectivity index (χ4n) is 1.63. The molecule has 0 spiro atoms. The van der Waals surface area contributed by atoms with Crippen LogP contribution in [0.4, 0.5) is 0 Å². The van der Waals surface area contributed by atoms with Crippen LogP contribution in [0, 0.1) is 0 Å². The molecule has 98 valence electrons. The normalized spacial score (nSPS) is 18.1. The van der Waals surface area contributed by atoms with Gasteiger partial charge < -0.3 is 14.8 Å². The van der Waals surface area contributed by atoms with E-state index >= 15 is 0 Å².